The van der Waals surface area contributed by atoms with Crippen LogP contribution >= 0.6 is 12.6 Å². The topological polar surface area (TPSA) is 18.5 Å². The van der Waals surface area contributed by atoms with E-state index in [4.69, 9.17) is 9.47 Å². The first-order valence-electron chi connectivity index (χ1n) is 7.16. The van der Waals surface area contributed by atoms with Crippen LogP contribution in [-0.4, -0.2) is 19.5 Å². The largest absolute Gasteiger partial charge is 0.497 e. The first-order chi connectivity index (χ1) is 9.28. The van der Waals surface area contributed by atoms with Crippen LogP contribution in [0.5, 0.6) is 11.5 Å². The summed E-state index contributed by atoms with van der Waals surface area (Å²) in [6.07, 6.45) is 7.83. The fourth-order valence-electron chi connectivity index (χ4n) is 2.74. The minimum absolute atomic E-state index is 0.263. The molecule has 1 aliphatic carbocycles. The van der Waals surface area contributed by atoms with E-state index in [2.05, 4.69) is 12.6 Å². The molecule has 2 nitrogen and oxygen atoms in total. The van der Waals surface area contributed by atoms with Gasteiger partial charge >= 0.3 is 0 Å². The van der Waals surface area contributed by atoms with Crippen LogP contribution in [0, 0.1) is 5.41 Å². The van der Waals surface area contributed by atoms with Crippen molar-refractivity contribution in [3.63, 3.8) is 0 Å². The molecule has 1 saturated carbocycles. The molecule has 0 aromatic heterocycles. The summed E-state index contributed by atoms with van der Waals surface area (Å²) < 4.78 is 11.1. The maximum absolute atomic E-state index is 5.99. The highest BCUT2D eigenvalue weighted by molar-refractivity contribution is 7.80. The summed E-state index contributed by atoms with van der Waals surface area (Å²) in [7, 11) is 1.68. The average molecular weight is 280 g/mol. The van der Waals surface area contributed by atoms with Crippen molar-refractivity contribution in [1.82, 2.24) is 0 Å². The van der Waals surface area contributed by atoms with Crippen LogP contribution in [-0.2, 0) is 0 Å². The quantitative estimate of drug-likeness (QED) is 0.638. The summed E-state index contributed by atoms with van der Waals surface area (Å²) in [5.41, 5.74) is 0.263. The van der Waals surface area contributed by atoms with E-state index in [1.54, 1.807) is 7.11 Å². The second-order valence-corrected chi connectivity index (χ2v) is 5.85. The normalized spacial score (nSPS) is 18.6. The third-order valence-electron chi connectivity index (χ3n) is 4.10. The Hall–Kier alpha value is -0.830. The third kappa shape index (κ3) is 4.07. The van der Waals surface area contributed by atoms with Gasteiger partial charge in [0, 0.05) is 5.41 Å². The molecular weight excluding hydrogens is 256 g/mol. The van der Waals surface area contributed by atoms with Crippen molar-refractivity contribution in [1.29, 1.82) is 0 Å². The maximum atomic E-state index is 5.99. The fourth-order valence-corrected chi connectivity index (χ4v) is 3.14. The van der Waals surface area contributed by atoms with Crippen molar-refractivity contribution < 1.29 is 9.47 Å². The number of benzene rings is 1. The highest BCUT2D eigenvalue weighted by Crippen LogP contribution is 2.36. The van der Waals surface area contributed by atoms with Crippen LogP contribution in [0.4, 0.5) is 0 Å². The van der Waals surface area contributed by atoms with E-state index in [1.807, 2.05) is 24.3 Å². The molecular formula is C16H24O2S. The maximum Gasteiger partial charge on any atom is 0.119 e. The van der Waals surface area contributed by atoms with E-state index in [1.165, 1.54) is 38.5 Å². The predicted octanol–water partition coefficient (Wildman–Crippen LogP) is 4.34. The van der Waals surface area contributed by atoms with Crippen molar-refractivity contribution in [3.05, 3.63) is 24.3 Å². The van der Waals surface area contributed by atoms with Gasteiger partial charge in [0.2, 0.25) is 0 Å². The van der Waals surface area contributed by atoms with E-state index in [-0.39, 0.29) is 5.41 Å². The molecule has 0 bridgehead atoms. The van der Waals surface area contributed by atoms with Gasteiger partial charge in [0.15, 0.2) is 0 Å². The molecule has 0 radical (unpaired) electrons. The molecule has 1 fully saturated rings. The molecule has 1 aromatic carbocycles. The van der Waals surface area contributed by atoms with Gasteiger partial charge in [0.05, 0.1) is 13.7 Å². The second kappa shape index (κ2) is 7.09. The Bertz CT molecular complexity index is 367. The van der Waals surface area contributed by atoms with E-state index >= 15 is 0 Å². The van der Waals surface area contributed by atoms with Gasteiger partial charge in [-0.1, -0.05) is 25.7 Å². The average Bonchev–Trinajstić information content (AvgIpc) is 2.72. The van der Waals surface area contributed by atoms with Gasteiger partial charge in [-0.05, 0) is 42.9 Å². The molecule has 0 heterocycles. The summed E-state index contributed by atoms with van der Waals surface area (Å²) in [4.78, 5) is 0. The highest BCUT2D eigenvalue weighted by Gasteiger charge is 2.30. The molecule has 0 amide bonds. The number of ether oxygens (including phenoxy) is 2. The fraction of sp³-hybridized carbons (Fsp3) is 0.625. The Morgan fingerprint density at radius 1 is 1.00 bits per heavy atom. The zero-order valence-electron chi connectivity index (χ0n) is 11.7. The lowest BCUT2D eigenvalue weighted by Crippen LogP contribution is -2.30. The first kappa shape index (κ1) is 14.6. The summed E-state index contributed by atoms with van der Waals surface area (Å²) in [5.74, 6) is 2.71. The molecule has 1 aliphatic rings. The molecule has 0 aliphatic heterocycles. The van der Waals surface area contributed by atoms with Crippen LogP contribution in [0.1, 0.15) is 38.5 Å². The monoisotopic (exact) mass is 280 g/mol. The minimum Gasteiger partial charge on any atom is -0.497 e. The molecule has 0 atom stereocenters. The van der Waals surface area contributed by atoms with Crippen LogP contribution in [0.2, 0.25) is 0 Å². The van der Waals surface area contributed by atoms with E-state index in [9.17, 15) is 0 Å². The lowest BCUT2D eigenvalue weighted by atomic mass is 9.83. The van der Waals surface area contributed by atoms with E-state index in [0.29, 0.717) is 0 Å². The number of methoxy groups -OCH3 is 1. The standard InChI is InChI=1S/C16H24O2S/c1-17-14-6-8-15(9-7-14)18-12-16(13-19)10-4-2-3-5-11-16/h6-9,19H,2-5,10-13H2,1H3. The summed E-state index contributed by atoms with van der Waals surface area (Å²) in [5, 5.41) is 0. The molecule has 19 heavy (non-hydrogen) atoms. The van der Waals surface area contributed by atoms with Gasteiger partial charge in [0.25, 0.3) is 0 Å². The van der Waals surface area contributed by atoms with Crippen molar-refractivity contribution in [2.75, 3.05) is 19.5 Å². The van der Waals surface area contributed by atoms with Crippen molar-refractivity contribution >= 4 is 12.6 Å². The van der Waals surface area contributed by atoms with Crippen molar-refractivity contribution in [2.45, 2.75) is 38.5 Å². The SMILES string of the molecule is COc1ccc(OCC2(CS)CCCCCC2)cc1. The smallest absolute Gasteiger partial charge is 0.119 e. The molecule has 0 spiro atoms. The Morgan fingerprint density at radius 2 is 1.58 bits per heavy atom. The summed E-state index contributed by atoms with van der Waals surface area (Å²) in [6.45, 7) is 0.781. The lowest BCUT2D eigenvalue weighted by molar-refractivity contribution is 0.148. The molecule has 1 aromatic rings. The number of hydrogen-bond acceptors (Lipinski definition) is 3. The van der Waals surface area contributed by atoms with Gasteiger partial charge in [0.1, 0.15) is 11.5 Å². The second-order valence-electron chi connectivity index (χ2n) is 5.54. The summed E-state index contributed by atoms with van der Waals surface area (Å²) in [6, 6.07) is 7.83. The van der Waals surface area contributed by atoms with Crippen molar-refractivity contribution in [3.8, 4) is 11.5 Å². The van der Waals surface area contributed by atoms with Crippen LogP contribution < -0.4 is 9.47 Å². The van der Waals surface area contributed by atoms with Gasteiger partial charge < -0.3 is 9.47 Å². The number of rotatable bonds is 5. The van der Waals surface area contributed by atoms with Crippen LogP contribution in [0.3, 0.4) is 0 Å². The molecule has 0 saturated heterocycles. The van der Waals surface area contributed by atoms with Crippen LogP contribution in [0.25, 0.3) is 0 Å². The Balaban J connectivity index is 1.94. The Kier molecular flexibility index (Phi) is 5.44. The molecule has 3 heteroatoms. The predicted molar refractivity (Wildman–Crippen MR) is 82.5 cm³/mol. The lowest BCUT2D eigenvalue weighted by Gasteiger charge is -2.30. The summed E-state index contributed by atoms with van der Waals surface area (Å²) >= 11 is 4.57. The van der Waals surface area contributed by atoms with Crippen LogP contribution in [0.15, 0.2) is 24.3 Å². The van der Waals surface area contributed by atoms with E-state index in [0.717, 1.165) is 23.9 Å². The minimum atomic E-state index is 0.263. The zero-order chi connectivity index (χ0) is 13.6. The van der Waals surface area contributed by atoms with Crippen molar-refractivity contribution in [2.24, 2.45) is 5.41 Å². The molecule has 2 rings (SSSR count). The zero-order valence-corrected chi connectivity index (χ0v) is 12.6. The van der Waals surface area contributed by atoms with Gasteiger partial charge in [-0.3, -0.25) is 0 Å². The van der Waals surface area contributed by atoms with E-state index < -0.39 is 0 Å². The first-order valence-corrected chi connectivity index (χ1v) is 7.79. The molecule has 0 N–H and O–H groups in total. The molecule has 106 valence electrons. The van der Waals surface area contributed by atoms with Gasteiger partial charge in [-0.15, -0.1) is 0 Å². The highest BCUT2D eigenvalue weighted by atomic mass is 32.1. The van der Waals surface area contributed by atoms with Gasteiger partial charge in [-0.25, -0.2) is 0 Å². The Labute approximate surface area is 121 Å². The third-order valence-corrected chi connectivity index (χ3v) is 4.77. The number of thiol groups is 1. The Morgan fingerprint density at radius 3 is 2.11 bits per heavy atom. The van der Waals surface area contributed by atoms with Gasteiger partial charge in [-0.2, -0.15) is 12.6 Å². The molecule has 0 unspecified atom stereocenters. The number of hydrogen-bond donors (Lipinski definition) is 1.